The van der Waals surface area contributed by atoms with Crippen LogP contribution in [-0.4, -0.2) is 8.42 Å². The average molecular weight is 246 g/mol. The van der Waals surface area contributed by atoms with Crippen molar-refractivity contribution in [2.75, 3.05) is 0 Å². The summed E-state index contributed by atoms with van der Waals surface area (Å²) in [5, 5.41) is 5.60. The fraction of sp³-hybridized carbons (Fsp3) is 0.200. The van der Waals surface area contributed by atoms with Crippen LogP contribution in [-0.2, 0) is 10.0 Å². The van der Waals surface area contributed by atoms with E-state index in [1.165, 1.54) is 6.92 Å². The van der Waals surface area contributed by atoms with Gasteiger partial charge in [0.15, 0.2) is 0 Å². The van der Waals surface area contributed by atoms with Crippen LogP contribution in [0, 0.1) is 0 Å². The molecule has 0 radical (unpaired) electrons. The molecule has 0 atom stereocenters. The summed E-state index contributed by atoms with van der Waals surface area (Å²) in [6.07, 6.45) is 0. The van der Waals surface area contributed by atoms with Crippen LogP contribution < -0.4 is 5.14 Å². The second-order valence-corrected chi connectivity index (χ2v) is 5.38. The summed E-state index contributed by atoms with van der Waals surface area (Å²) in [5.41, 5.74) is 1.37. The summed E-state index contributed by atoms with van der Waals surface area (Å²) in [7, 11) is -3.63. The van der Waals surface area contributed by atoms with E-state index < -0.39 is 10.0 Å². The number of primary sulfonamides is 1. The van der Waals surface area contributed by atoms with Crippen LogP contribution in [0.5, 0.6) is 0 Å². The van der Waals surface area contributed by atoms with Gasteiger partial charge in [-0.05, 0) is 37.1 Å². The van der Waals surface area contributed by atoms with Gasteiger partial charge in [0.2, 0.25) is 10.0 Å². The standard InChI is InChI=1S/C10H12ClNO2S/c1-7(8(2)15(12,13)14)9-4-3-5-10(11)6-9/h3-6H,1-2H3,(H2,12,13,14)/b8-7+. The molecule has 2 N–H and O–H groups in total. The Hall–Kier alpha value is -0.840. The van der Waals surface area contributed by atoms with Crippen LogP contribution in [0.3, 0.4) is 0 Å². The minimum absolute atomic E-state index is 0.157. The van der Waals surface area contributed by atoms with Crippen molar-refractivity contribution in [1.82, 2.24) is 0 Å². The van der Waals surface area contributed by atoms with Gasteiger partial charge < -0.3 is 0 Å². The Morgan fingerprint density at radius 1 is 1.33 bits per heavy atom. The van der Waals surface area contributed by atoms with E-state index in [4.69, 9.17) is 16.7 Å². The Bertz CT molecular complexity index is 506. The maximum absolute atomic E-state index is 11.1. The molecule has 0 heterocycles. The summed E-state index contributed by atoms with van der Waals surface area (Å²) in [5.74, 6) is 0. The molecule has 1 aromatic rings. The van der Waals surface area contributed by atoms with Crippen molar-refractivity contribution in [2.45, 2.75) is 13.8 Å². The highest BCUT2D eigenvalue weighted by molar-refractivity contribution is 7.93. The smallest absolute Gasteiger partial charge is 0.225 e. The molecule has 0 saturated carbocycles. The molecular weight excluding hydrogens is 234 g/mol. The molecule has 0 bridgehead atoms. The molecule has 0 saturated heterocycles. The van der Waals surface area contributed by atoms with Gasteiger partial charge >= 0.3 is 0 Å². The van der Waals surface area contributed by atoms with Crippen LogP contribution in [0.25, 0.3) is 5.57 Å². The maximum atomic E-state index is 11.1. The van der Waals surface area contributed by atoms with Crippen molar-refractivity contribution in [1.29, 1.82) is 0 Å². The number of sulfonamides is 1. The molecule has 0 amide bonds. The van der Waals surface area contributed by atoms with Crippen molar-refractivity contribution in [3.8, 4) is 0 Å². The SMILES string of the molecule is C/C(=C(/C)S(N)(=O)=O)c1cccc(Cl)c1. The number of allylic oxidation sites excluding steroid dienone is 2. The highest BCUT2D eigenvalue weighted by Gasteiger charge is 2.11. The Balaban J connectivity index is 3.32. The summed E-state index contributed by atoms with van der Waals surface area (Å²) in [4.78, 5) is 0.157. The maximum Gasteiger partial charge on any atom is 0.234 e. The minimum atomic E-state index is -3.63. The average Bonchev–Trinajstić information content (AvgIpc) is 2.14. The number of hydrogen-bond donors (Lipinski definition) is 1. The Morgan fingerprint density at radius 3 is 2.40 bits per heavy atom. The third-order valence-electron chi connectivity index (χ3n) is 2.21. The number of benzene rings is 1. The van der Waals surface area contributed by atoms with E-state index in [9.17, 15) is 8.42 Å². The normalized spacial score (nSPS) is 13.6. The molecule has 3 nitrogen and oxygen atoms in total. The number of hydrogen-bond acceptors (Lipinski definition) is 2. The third kappa shape index (κ3) is 3.06. The minimum Gasteiger partial charge on any atom is -0.225 e. The first-order chi connectivity index (χ1) is 6.82. The molecule has 0 aliphatic carbocycles. The molecule has 15 heavy (non-hydrogen) atoms. The van der Waals surface area contributed by atoms with Crippen LogP contribution in [0.2, 0.25) is 5.02 Å². The molecule has 1 rings (SSSR count). The van der Waals surface area contributed by atoms with Gasteiger partial charge in [-0.1, -0.05) is 23.7 Å². The first-order valence-corrected chi connectivity index (χ1v) is 6.21. The molecule has 0 fully saturated rings. The fourth-order valence-corrected chi connectivity index (χ4v) is 1.87. The quantitative estimate of drug-likeness (QED) is 0.870. The van der Waals surface area contributed by atoms with Gasteiger partial charge in [0, 0.05) is 5.02 Å². The van der Waals surface area contributed by atoms with Crippen LogP contribution in [0.15, 0.2) is 29.2 Å². The molecule has 5 heteroatoms. The lowest BCUT2D eigenvalue weighted by molar-refractivity contribution is 0.604. The van der Waals surface area contributed by atoms with Crippen LogP contribution in [0.1, 0.15) is 19.4 Å². The van der Waals surface area contributed by atoms with Crippen molar-refractivity contribution < 1.29 is 8.42 Å². The van der Waals surface area contributed by atoms with Crippen molar-refractivity contribution in [2.24, 2.45) is 5.14 Å². The van der Waals surface area contributed by atoms with E-state index in [1.54, 1.807) is 31.2 Å². The lowest BCUT2D eigenvalue weighted by atomic mass is 10.1. The van der Waals surface area contributed by atoms with Gasteiger partial charge in [-0.25, -0.2) is 13.6 Å². The van der Waals surface area contributed by atoms with Gasteiger partial charge in [0.05, 0.1) is 4.91 Å². The van der Waals surface area contributed by atoms with Crippen molar-refractivity contribution in [3.63, 3.8) is 0 Å². The molecule has 1 aromatic carbocycles. The van der Waals surface area contributed by atoms with Crippen LogP contribution >= 0.6 is 11.6 Å². The molecule has 0 aliphatic heterocycles. The zero-order chi connectivity index (χ0) is 11.6. The molecular formula is C10H12ClNO2S. The highest BCUT2D eigenvalue weighted by atomic mass is 35.5. The summed E-state index contributed by atoms with van der Waals surface area (Å²) in [6.45, 7) is 3.18. The van der Waals surface area contributed by atoms with E-state index in [0.717, 1.165) is 5.56 Å². The van der Waals surface area contributed by atoms with E-state index >= 15 is 0 Å². The predicted octanol–water partition coefficient (Wildman–Crippen LogP) is 2.38. The summed E-state index contributed by atoms with van der Waals surface area (Å²) < 4.78 is 22.2. The van der Waals surface area contributed by atoms with Gasteiger partial charge in [-0.15, -0.1) is 0 Å². The zero-order valence-corrected chi connectivity index (χ0v) is 10.1. The topological polar surface area (TPSA) is 60.2 Å². The lowest BCUT2D eigenvalue weighted by Crippen LogP contribution is -2.13. The summed E-state index contributed by atoms with van der Waals surface area (Å²) in [6, 6.07) is 6.98. The molecule has 0 aromatic heterocycles. The number of halogens is 1. The Kier molecular flexibility index (Phi) is 3.54. The first-order valence-electron chi connectivity index (χ1n) is 4.28. The fourth-order valence-electron chi connectivity index (χ4n) is 1.14. The lowest BCUT2D eigenvalue weighted by Gasteiger charge is -2.06. The van der Waals surface area contributed by atoms with Crippen molar-refractivity contribution >= 4 is 27.2 Å². The monoisotopic (exact) mass is 245 g/mol. The van der Waals surface area contributed by atoms with Gasteiger partial charge in [0.25, 0.3) is 0 Å². The largest absolute Gasteiger partial charge is 0.234 e. The second kappa shape index (κ2) is 4.35. The van der Waals surface area contributed by atoms with Gasteiger partial charge in [0.1, 0.15) is 0 Å². The summed E-state index contributed by atoms with van der Waals surface area (Å²) >= 11 is 5.80. The van der Waals surface area contributed by atoms with Gasteiger partial charge in [-0.3, -0.25) is 0 Å². The third-order valence-corrected chi connectivity index (χ3v) is 3.61. The highest BCUT2D eigenvalue weighted by Crippen LogP contribution is 2.22. The first kappa shape index (κ1) is 12.2. The zero-order valence-electron chi connectivity index (χ0n) is 8.49. The molecule has 82 valence electrons. The van der Waals surface area contributed by atoms with Crippen molar-refractivity contribution in [3.05, 3.63) is 39.8 Å². The Labute approximate surface area is 94.6 Å². The molecule has 0 unspecified atom stereocenters. The van der Waals surface area contributed by atoms with E-state index in [-0.39, 0.29) is 4.91 Å². The predicted molar refractivity (Wildman–Crippen MR) is 62.8 cm³/mol. The number of nitrogens with two attached hydrogens (primary N) is 1. The van der Waals surface area contributed by atoms with E-state index in [1.807, 2.05) is 0 Å². The molecule has 0 aliphatic rings. The van der Waals surface area contributed by atoms with E-state index in [2.05, 4.69) is 0 Å². The second-order valence-electron chi connectivity index (χ2n) is 3.24. The molecule has 0 spiro atoms. The van der Waals surface area contributed by atoms with Gasteiger partial charge in [-0.2, -0.15) is 0 Å². The van der Waals surface area contributed by atoms with E-state index in [0.29, 0.717) is 10.6 Å². The Morgan fingerprint density at radius 2 is 1.93 bits per heavy atom. The number of rotatable bonds is 2. The van der Waals surface area contributed by atoms with Crippen LogP contribution in [0.4, 0.5) is 0 Å².